The number of pyridine rings is 1. The minimum atomic E-state index is 0.139. The highest BCUT2D eigenvalue weighted by Gasteiger charge is 2.09. The third-order valence-electron chi connectivity index (χ3n) is 1.92. The molecule has 1 unspecified atom stereocenters. The first kappa shape index (κ1) is 12.6. The summed E-state index contributed by atoms with van der Waals surface area (Å²) in [7, 11) is 1.66. The van der Waals surface area contributed by atoms with E-state index in [0.717, 1.165) is 6.42 Å². The number of halogens is 2. The zero-order chi connectivity index (χ0) is 11.1. The van der Waals surface area contributed by atoms with Crippen LogP contribution in [0.5, 0.6) is 0 Å². The molecule has 0 radical (unpaired) electrons. The van der Waals surface area contributed by atoms with Gasteiger partial charge in [0, 0.05) is 19.2 Å². The summed E-state index contributed by atoms with van der Waals surface area (Å²) in [6.07, 6.45) is 2.50. The summed E-state index contributed by atoms with van der Waals surface area (Å²) in [6.45, 7) is 0.583. The molecule has 0 bridgehead atoms. The van der Waals surface area contributed by atoms with Crippen molar-refractivity contribution < 1.29 is 4.74 Å². The van der Waals surface area contributed by atoms with Crippen molar-refractivity contribution in [2.75, 3.05) is 24.9 Å². The van der Waals surface area contributed by atoms with Crippen LogP contribution in [-0.2, 0) is 4.74 Å². The van der Waals surface area contributed by atoms with Crippen molar-refractivity contribution in [3.8, 4) is 0 Å². The van der Waals surface area contributed by atoms with Crippen molar-refractivity contribution in [1.82, 2.24) is 4.98 Å². The summed E-state index contributed by atoms with van der Waals surface area (Å²) >= 11 is 11.7. The SMILES string of the molecule is COCC(CCCl)Nc1ncccc1Cl. The van der Waals surface area contributed by atoms with E-state index in [1.165, 1.54) is 0 Å². The van der Waals surface area contributed by atoms with Crippen LogP contribution >= 0.6 is 23.2 Å². The molecule has 0 aromatic carbocycles. The Labute approximate surface area is 99.7 Å². The molecule has 0 amide bonds. The number of ether oxygens (including phenoxy) is 1. The Kier molecular flexibility index (Phi) is 5.76. The quantitative estimate of drug-likeness (QED) is 0.787. The molecule has 84 valence electrons. The maximum atomic E-state index is 5.97. The predicted octanol–water partition coefficient (Wildman–Crippen LogP) is 2.79. The lowest BCUT2D eigenvalue weighted by molar-refractivity contribution is 0.184. The number of methoxy groups -OCH3 is 1. The molecule has 1 aromatic rings. The Morgan fingerprint density at radius 1 is 1.60 bits per heavy atom. The molecule has 1 heterocycles. The van der Waals surface area contributed by atoms with Crippen LogP contribution in [-0.4, -0.2) is 30.6 Å². The predicted molar refractivity (Wildman–Crippen MR) is 63.9 cm³/mol. The van der Waals surface area contributed by atoms with E-state index in [9.17, 15) is 0 Å². The number of hydrogen-bond acceptors (Lipinski definition) is 3. The monoisotopic (exact) mass is 248 g/mol. The lowest BCUT2D eigenvalue weighted by Gasteiger charge is -2.17. The van der Waals surface area contributed by atoms with Gasteiger partial charge in [-0.1, -0.05) is 11.6 Å². The first-order valence-corrected chi connectivity index (χ1v) is 5.61. The Bertz CT molecular complexity index is 291. The largest absolute Gasteiger partial charge is 0.383 e. The van der Waals surface area contributed by atoms with Gasteiger partial charge in [-0.05, 0) is 18.6 Å². The van der Waals surface area contributed by atoms with Crippen molar-refractivity contribution >= 4 is 29.0 Å². The second-order valence-corrected chi connectivity index (χ2v) is 3.89. The number of hydrogen-bond donors (Lipinski definition) is 1. The topological polar surface area (TPSA) is 34.1 Å². The Morgan fingerprint density at radius 3 is 3.00 bits per heavy atom. The number of rotatable bonds is 6. The van der Waals surface area contributed by atoms with Crippen LogP contribution in [0.25, 0.3) is 0 Å². The molecule has 15 heavy (non-hydrogen) atoms. The van der Waals surface area contributed by atoms with E-state index in [4.69, 9.17) is 27.9 Å². The molecule has 1 atom stereocenters. The van der Waals surface area contributed by atoms with E-state index >= 15 is 0 Å². The standard InChI is InChI=1S/C10H14Cl2N2O/c1-15-7-8(4-5-11)14-10-9(12)3-2-6-13-10/h2-3,6,8H,4-5,7H2,1H3,(H,13,14). The van der Waals surface area contributed by atoms with Gasteiger partial charge >= 0.3 is 0 Å². The van der Waals surface area contributed by atoms with E-state index in [2.05, 4.69) is 10.3 Å². The molecule has 1 N–H and O–H groups in total. The summed E-state index contributed by atoms with van der Waals surface area (Å²) in [5, 5.41) is 3.80. The highest BCUT2D eigenvalue weighted by molar-refractivity contribution is 6.32. The summed E-state index contributed by atoms with van der Waals surface area (Å²) in [5.41, 5.74) is 0. The van der Waals surface area contributed by atoms with Gasteiger partial charge in [0.2, 0.25) is 0 Å². The summed E-state index contributed by atoms with van der Waals surface area (Å²) < 4.78 is 5.08. The molecule has 0 aliphatic carbocycles. The fraction of sp³-hybridized carbons (Fsp3) is 0.500. The summed E-state index contributed by atoms with van der Waals surface area (Å²) in [4.78, 5) is 4.14. The molecule has 0 aliphatic rings. The van der Waals surface area contributed by atoms with Gasteiger partial charge in [0.25, 0.3) is 0 Å². The van der Waals surface area contributed by atoms with Crippen molar-refractivity contribution in [3.05, 3.63) is 23.4 Å². The fourth-order valence-electron chi connectivity index (χ4n) is 1.22. The first-order valence-electron chi connectivity index (χ1n) is 4.70. The number of alkyl halides is 1. The van der Waals surface area contributed by atoms with Crippen LogP contribution in [0.15, 0.2) is 18.3 Å². The van der Waals surface area contributed by atoms with Gasteiger partial charge < -0.3 is 10.1 Å². The first-order chi connectivity index (χ1) is 7.27. The van der Waals surface area contributed by atoms with E-state index in [1.54, 1.807) is 25.4 Å². The smallest absolute Gasteiger partial charge is 0.145 e. The van der Waals surface area contributed by atoms with Crippen LogP contribution in [0, 0.1) is 0 Å². The zero-order valence-corrected chi connectivity index (χ0v) is 10.1. The van der Waals surface area contributed by atoms with Crippen LogP contribution < -0.4 is 5.32 Å². The van der Waals surface area contributed by atoms with Crippen molar-refractivity contribution in [2.45, 2.75) is 12.5 Å². The van der Waals surface area contributed by atoms with Gasteiger partial charge in [-0.2, -0.15) is 0 Å². The molecule has 0 saturated heterocycles. The molecule has 0 fully saturated rings. The second kappa shape index (κ2) is 6.88. The molecule has 0 spiro atoms. The van der Waals surface area contributed by atoms with E-state index < -0.39 is 0 Å². The molecule has 3 nitrogen and oxygen atoms in total. The molecule has 1 aromatic heterocycles. The Hall–Kier alpha value is -0.510. The lowest BCUT2D eigenvalue weighted by atomic mass is 10.2. The van der Waals surface area contributed by atoms with Crippen molar-refractivity contribution in [1.29, 1.82) is 0 Å². The van der Waals surface area contributed by atoms with Gasteiger partial charge in [0.05, 0.1) is 17.7 Å². The van der Waals surface area contributed by atoms with Crippen molar-refractivity contribution in [3.63, 3.8) is 0 Å². The van der Waals surface area contributed by atoms with Crippen molar-refractivity contribution in [2.24, 2.45) is 0 Å². The van der Waals surface area contributed by atoms with Crippen LogP contribution in [0.4, 0.5) is 5.82 Å². The number of anilines is 1. The normalized spacial score (nSPS) is 12.5. The van der Waals surface area contributed by atoms with E-state index in [-0.39, 0.29) is 6.04 Å². The second-order valence-electron chi connectivity index (χ2n) is 3.11. The zero-order valence-electron chi connectivity index (χ0n) is 8.54. The number of nitrogens with one attached hydrogen (secondary N) is 1. The highest BCUT2D eigenvalue weighted by atomic mass is 35.5. The van der Waals surface area contributed by atoms with Gasteiger partial charge in [-0.15, -0.1) is 11.6 Å². The molecule has 5 heteroatoms. The average Bonchev–Trinajstić information content (AvgIpc) is 2.22. The fourth-order valence-corrected chi connectivity index (χ4v) is 1.65. The van der Waals surface area contributed by atoms with E-state index in [0.29, 0.717) is 23.3 Å². The molecular formula is C10H14Cl2N2O. The minimum absolute atomic E-state index is 0.139. The Morgan fingerprint density at radius 2 is 2.40 bits per heavy atom. The van der Waals surface area contributed by atoms with Gasteiger partial charge in [-0.25, -0.2) is 4.98 Å². The van der Waals surface area contributed by atoms with Crippen LogP contribution in [0.1, 0.15) is 6.42 Å². The average molecular weight is 249 g/mol. The molecule has 1 rings (SSSR count). The third-order valence-corrected chi connectivity index (χ3v) is 2.45. The molecular weight excluding hydrogens is 235 g/mol. The van der Waals surface area contributed by atoms with Crippen LogP contribution in [0.3, 0.4) is 0 Å². The number of nitrogens with zero attached hydrogens (tertiary/aromatic N) is 1. The molecule has 0 saturated carbocycles. The summed E-state index contributed by atoms with van der Waals surface area (Å²) in [6, 6.07) is 3.72. The van der Waals surface area contributed by atoms with Crippen LogP contribution in [0.2, 0.25) is 5.02 Å². The molecule has 0 aliphatic heterocycles. The summed E-state index contributed by atoms with van der Waals surface area (Å²) in [5.74, 6) is 1.25. The number of aromatic nitrogens is 1. The maximum absolute atomic E-state index is 5.97. The van der Waals surface area contributed by atoms with E-state index in [1.807, 2.05) is 0 Å². The van der Waals surface area contributed by atoms with Gasteiger partial charge in [-0.3, -0.25) is 0 Å². The van der Waals surface area contributed by atoms with Gasteiger partial charge in [0.15, 0.2) is 0 Å². The highest BCUT2D eigenvalue weighted by Crippen LogP contribution is 2.18. The lowest BCUT2D eigenvalue weighted by Crippen LogP contribution is -2.26. The Balaban J connectivity index is 2.60. The maximum Gasteiger partial charge on any atom is 0.145 e. The van der Waals surface area contributed by atoms with Gasteiger partial charge in [0.1, 0.15) is 5.82 Å². The minimum Gasteiger partial charge on any atom is -0.383 e. The third kappa shape index (κ3) is 4.24.